The molecule has 0 atom stereocenters. The predicted octanol–water partition coefficient (Wildman–Crippen LogP) is 3.54. The van der Waals surface area contributed by atoms with Crippen LogP contribution in [-0.2, 0) is 6.42 Å². The van der Waals surface area contributed by atoms with Crippen LogP contribution in [0.3, 0.4) is 0 Å². The number of nitro benzene ring substituents is 1. The van der Waals surface area contributed by atoms with Crippen LogP contribution in [-0.4, -0.2) is 23.6 Å². The lowest BCUT2D eigenvalue weighted by molar-refractivity contribution is -0.383. The van der Waals surface area contributed by atoms with Gasteiger partial charge in [0.25, 0.3) is 5.69 Å². The first kappa shape index (κ1) is 15.0. The summed E-state index contributed by atoms with van der Waals surface area (Å²) in [4.78, 5) is 15.3. The zero-order valence-electron chi connectivity index (χ0n) is 12.5. The van der Waals surface area contributed by atoms with Gasteiger partial charge in [-0.2, -0.15) is 0 Å². The van der Waals surface area contributed by atoms with Crippen molar-refractivity contribution in [1.82, 2.24) is 4.98 Å². The van der Waals surface area contributed by atoms with E-state index in [0.717, 1.165) is 36.2 Å². The van der Waals surface area contributed by atoms with Gasteiger partial charge in [-0.15, -0.1) is 0 Å². The second-order valence-electron chi connectivity index (χ2n) is 4.75. The van der Waals surface area contributed by atoms with E-state index in [4.69, 9.17) is 4.74 Å². The molecule has 1 N–H and O–H groups in total. The number of pyridine rings is 1. The lowest BCUT2D eigenvalue weighted by Gasteiger charge is -2.12. The number of non-ortho nitro benzene ring substituents is 1. The molecule has 6 heteroatoms. The van der Waals surface area contributed by atoms with Crippen molar-refractivity contribution in [3.05, 3.63) is 33.9 Å². The molecule has 0 saturated heterocycles. The highest BCUT2D eigenvalue weighted by molar-refractivity contribution is 5.90. The molecule has 0 bridgehead atoms. The molecule has 0 fully saturated rings. The number of nitro groups is 1. The van der Waals surface area contributed by atoms with Gasteiger partial charge in [0.05, 0.1) is 18.1 Å². The van der Waals surface area contributed by atoms with Crippen LogP contribution >= 0.6 is 0 Å². The van der Waals surface area contributed by atoms with Gasteiger partial charge in [0.2, 0.25) is 0 Å². The summed E-state index contributed by atoms with van der Waals surface area (Å²) in [6, 6.07) is 5.15. The Bertz CT molecular complexity index is 671. The first-order chi connectivity index (χ1) is 10.1. The Labute approximate surface area is 123 Å². The van der Waals surface area contributed by atoms with E-state index in [1.807, 2.05) is 13.0 Å². The third-order valence-corrected chi connectivity index (χ3v) is 3.25. The van der Waals surface area contributed by atoms with E-state index in [1.54, 1.807) is 6.07 Å². The van der Waals surface area contributed by atoms with Crippen molar-refractivity contribution < 1.29 is 9.66 Å². The van der Waals surface area contributed by atoms with Crippen LogP contribution in [0.15, 0.2) is 18.2 Å². The van der Waals surface area contributed by atoms with Gasteiger partial charge in [-0.25, -0.2) is 4.98 Å². The molecule has 0 saturated carbocycles. The number of rotatable bonds is 6. The SMILES string of the molecule is CCCc1cc2cc(OC)cc([N+](=O)[O-])c2nc1NCC. The van der Waals surface area contributed by atoms with E-state index in [2.05, 4.69) is 17.2 Å². The fraction of sp³-hybridized carbons (Fsp3) is 0.400. The molecule has 6 nitrogen and oxygen atoms in total. The molecule has 112 valence electrons. The minimum atomic E-state index is -0.424. The quantitative estimate of drug-likeness (QED) is 0.650. The fourth-order valence-corrected chi connectivity index (χ4v) is 2.32. The Morgan fingerprint density at radius 1 is 1.33 bits per heavy atom. The molecular formula is C15H19N3O3. The summed E-state index contributed by atoms with van der Waals surface area (Å²) >= 11 is 0. The molecule has 1 aromatic carbocycles. The van der Waals surface area contributed by atoms with Gasteiger partial charge in [0, 0.05) is 11.9 Å². The topological polar surface area (TPSA) is 77.3 Å². The number of aryl methyl sites for hydroxylation is 1. The predicted molar refractivity (Wildman–Crippen MR) is 83.1 cm³/mol. The minimum Gasteiger partial charge on any atom is -0.496 e. The summed E-state index contributed by atoms with van der Waals surface area (Å²) in [5, 5.41) is 15.2. The van der Waals surface area contributed by atoms with Crippen molar-refractivity contribution in [2.45, 2.75) is 26.7 Å². The monoisotopic (exact) mass is 289 g/mol. The van der Waals surface area contributed by atoms with E-state index in [-0.39, 0.29) is 5.69 Å². The number of aromatic nitrogens is 1. The zero-order chi connectivity index (χ0) is 15.4. The highest BCUT2D eigenvalue weighted by atomic mass is 16.6. The van der Waals surface area contributed by atoms with Crippen molar-refractivity contribution >= 4 is 22.4 Å². The molecule has 0 aliphatic heterocycles. The Morgan fingerprint density at radius 2 is 2.10 bits per heavy atom. The molecule has 0 unspecified atom stereocenters. The molecule has 0 spiro atoms. The zero-order valence-corrected chi connectivity index (χ0v) is 12.5. The number of nitrogens with one attached hydrogen (secondary N) is 1. The lowest BCUT2D eigenvalue weighted by Crippen LogP contribution is -2.05. The summed E-state index contributed by atoms with van der Waals surface area (Å²) in [6.07, 6.45) is 1.86. The van der Waals surface area contributed by atoms with Crippen LogP contribution in [0.4, 0.5) is 11.5 Å². The summed E-state index contributed by atoms with van der Waals surface area (Å²) in [5.74, 6) is 1.19. The summed E-state index contributed by atoms with van der Waals surface area (Å²) < 4.78 is 5.14. The second-order valence-corrected chi connectivity index (χ2v) is 4.75. The van der Waals surface area contributed by atoms with Gasteiger partial charge in [0.15, 0.2) is 5.52 Å². The summed E-state index contributed by atoms with van der Waals surface area (Å²) in [6.45, 7) is 4.79. The lowest BCUT2D eigenvalue weighted by atomic mass is 10.1. The number of benzene rings is 1. The number of nitrogens with zero attached hydrogens (tertiary/aromatic N) is 2. The van der Waals surface area contributed by atoms with Crippen molar-refractivity contribution in [3.63, 3.8) is 0 Å². The normalized spacial score (nSPS) is 10.6. The van der Waals surface area contributed by atoms with Gasteiger partial charge >= 0.3 is 0 Å². The maximum atomic E-state index is 11.3. The van der Waals surface area contributed by atoms with Gasteiger partial charge in [-0.3, -0.25) is 10.1 Å². The van der Waals surface area contributed by atoms with E-state index in [0.29, 0.717) is 11.3 Å². The standard InChI is InChI=1S/C15H19N3O3/c1-4-6-10-7-11-8-12(21-3)9-13(18(19)20)14(11)17-15(10)16-5-2/h7-9H,4-6H2,1-3H3,(H,16,17). The van der Waals surface area contributed by atoms with Crippen LogP contribution in [0.1, 0.15) is 25.8 Å². The Balaban J connectivity index is 2.72. The maximum Gasteiger partial charge on any atom is 0.299 e. The first-order valence-electron chi connectivity index (χ1n) is 7.00. The molecule has 0 aliphatic rings. The second kappa shape index (κ2) is 6.39. The molecule has 0 radical (unpaired) electrons. The number of fused-ring (bicyclic) bond motifs is 1. The van der Waals surface area contributed by atoms with Crippen LogP contribution in [0.2, 0.25) is 0 Å². The molecule has 2 rings (SSSR count). The van der Waals surface area contributed by atoms with Crippen LogP contribution in [0, 0.1) is 10.1 Å². The number of methoxy groups -OCH3 is 1. The van der Waals surface area contributed by atoms with Crippen LogP contribution in [0.5, 0.6) is 5.75 Å². The van der Waals surface area contributed by atoms with Crippen LogP contribution < -0.4 is 10.1 Å². The highest BCUT2D eigenvalue weighted by Crippen LogP contribution is 2.32. The van der Waals surface area contributed by atoms with Crippen LogP contribution in [0.25, 0.3) is 10.9 Å². The van der Waals surface area contributed by atoms with Crippen molar-refractivity contribution in [3.8, 4) is 5.75 Å². The Morgan fingerprint density at radius 3 is 2.67 bits per heavy atom. The van der Waals surface area contributed by atoms with Gasteiger partial charge in [-0.1, -0.05) is 13.3 Å². The minimum absolute atomic E-state index is 0.0356. The third kappa shape index (κ3) is 3.04. The van der Waals surface area contributed by atoms with E-state index in [9.17, 15) is 10.1 Å². The molecule has 21 heavy (non-hydrogen) atoms. The highest BCUT2D eigenvalue weighted by Gasteiger charge is 2.18. The van der Waals surface area contributed by atoms with Crippen molar-refractivity contribution in [2.75, 3.05) is 19.0 Å². The number of ether oxygens (including phenoxy) is 1. The smallest absolute Gasteiger partial charge is 0.299 e. The third-order valence-electron chi connectivity index (χ3n) is 3.25. The van der Waals surface area contributed by atoms with E-state index < -0.39 is 4.92 Å². The van der Waals surface area contributed by atoms with E-state index >= 15 is 0 Å². The van der Waals surface area contributed by atoms with Gasteiger partial charge < -0.3 is 10.1 Å². The molecule has 0 aliphatic carbocycles. The van der Waals surface area contributed by atoms with E-state index in [1.165, 1.54) is 13.2 Å². The number of hydrogen-bond donors (Lipinski definition) is 1. The molecule has 2 aromatic rings. The average Bonchev–Trinajstić information content (AvgIpc) is 2.47. The Hall–Kier alpha value is -2.37. The number of hydrogen-bond acceptors (Lipinski definition) is 5. The maximum absolute atomic E-state index is 11.3. The first-order valence-corrected chi connectivity index (χ1v) is 7.00. The summed E-state index contributed by atoms with van der Waals surface area (Å²) in [5.41, 5.74) is 1.41. The molecule has 1 heterocycles. The average molecular weight is 289 g/mol. The Kier molecular flexibility index (Phi) is 4.57. The molecular weight excluding hydrogens is 270 g/mol. The largest absolute Gasteiger partial charge is 0.496 e. The summed E-state index contributed by atoms with van der Waals surface area (Å²) in [7, 11) is 1.50. The van der Waals surface area contributed by atoms with Crippen molar-refractivity contribution in [2.24, 2.45) is 0 Å². The van der Waals surface area contributed by atoms with Gasteiger partial charge in [-0.05, 0) is 31.0 Å². The van der Waals surface area contributed by atoms with Crippen molar-refractivity contribution in [1.29, 1.82) is 0 Å². The van der Waals surface area contributed by atoms with Gasteiger partial charge in [0.1, 0.15) is 11.6 Å². The molecule has 1 aromatic heterocycles. The molecule has 0 amide bonds. The fourth-order valence-electron chi connectivity index (χ4n) is 2.32. The number of anilines is 1.